The number of nitrogens with zero attached hydrogens (tertiary/aromatic N) is 3. The quantitative estimate of drug-likeness (QED) is 0.0944. The highest BCUT2D eigenvalue weighted by atomic mass is 28.4. The predicted octanol–water partition coefficient (Wildman–Crippen LogP) is 7.38. The molecular formula is C36H34FN3O7Si. The van der Waals surface area contributed by atoms with Gasteiger partial charge in [-0.15, -0.1) is 0 Å². The van der Waals surface area contributed by atoms with Crippen molar-refractivity contribution in [3.05, 3.63) is 118 Å². The zero-order valence-electron chi connectivity index (χ0n) is 26.6. The number of aliphatic hydroxyl groups is 1. The van der Waals surface area contributed by atoms with Crippen molar-refractivity contribution in [1.82, 2.24) is 0 Å². The first-order chi connectivity index (χ1) is 23.0. The van der Waals surface area contributed by atoms with Crippen LogP contribution in [0.2, 0.25) is 18.6 Å². The van der Waals surface area contributed by atoms with Gasteiger partial charge in [-0.2, -0.15) is 0 Å². The van der Waals surface area contributed by atoms with Gasteiger partial charge in [-0.1, -0.05) is 43.3 Å². The molecule has 4 aromatic carbocycles. The number of carbonyl (C=O) groups excluding carboxylic acids is 2. The minimum atomic E-state index is -3.44. The molecule has 246 valence electrons. The second kappa shape index (κ2) is 11.7. The van der Waals surface area contributed by atoms with E-state index >= 15 is 4.11 Å². The van der Waals surface area contributed by atoms with Gasteiger partial charge >= 0.3 is 0 Å². The number of ether oxygens (including phenoxy) is 2. The fourth-order valence-corrected chi connectivity index (χ4v) is 10.3. The molecule has 0 radical (unpaired) electrons. The number of aliphatic hydroxyl groups excluding tert-OH is 1. The van der Waals surface area contributed by atoms with Gasteiger partial charge in [0, 0.05) is 41.4 Å². The number of fused-ring (bicyclic) bond motifs is 4. The Morgan fingerprint density at radius 2 is 1.69 bits per heavy atom. The molecule has 3 heterocycles. The molecule has 2 amide bonds. The van der Waals surface area contributed by atoms with Gasteiger partial charge in [-0.25, -0.2) is 0 Å². The molecule has 1 N–H and O–H groups in total. The monoisotopic (exact) mass is 667 g/mol. The molecular weight excluding hydrogens is 633 g/mol. The number of anilines is 3. The molecule has 1 spiro atoms. The molecule has 12 heteroatoms. The SMILES string of the molecule is C[C@@H]1[C@@H]([Si](C)(C)F)[C@H](CCO)O[C@@]12C(=O)N(Cc1cccc(N3C(=O)c4ccccc4Oc4ccccc43)c1)c1ccc([N+](=O)[O-])cc12. The molecule has 7 rings (SSSR count). The van der Waals surface area contributed by atoms with E-state index in [1.54, 1.807) is 73.4 Å². The molecule has 1 saturated heterocycles. The summed E-state index contributed by atoms with van der Waals surface area (Å²) in [6.07, 6.45) is -0.607. The maximum absolute atomic E-state index is 15.9. The summed E-state index contributed by atoms with van der Waals surface area (Å²) in [5.41, 5.74) is 0.419. The van der Waals surface area contributed by atoms with Gasteiger partial charge in [0.25, 0.3) is 17.5 Å². The summed E-state index contributed by atoms with van der Waals surface area (Å²) in [5, 5.41) is 21.7. The summed E-state index contributed by atoms with van der Waals surface area (Å²) in [5.74, 6) is -0.439. The number of amides is 2. The number of hydrogen-bond donors (Lipinski definition) is 1. The topological polar surface area (TPSA) is 122 Å². The van der Waals surface area contributed by atoms with Crippen LogP contribution in [0.4, 0.5) is 26.9 Å². The number of nitro groups is 1. The molecule has 0 unspecified atom stereocenters. The maximum Gasteiger partial charge on any atom is 0.269 e. The van der Waals surface area contributed by atoms with E-state index in [9.17, 15) is 24.8 Å². The highest BCUT2D eigenvalue weighted by molar-refractivity contribution is 6.72. The van der Waals surface area contributed by atoms with Crippen molar-refractivity contribution >= 4 is 43.0 Å². The Labute approximate surface area is 277 Å². The number of benzene rings is 4. The Balaban J connectivity index is 1.30. The van der Waals surface area contributed by atoms with Crippen molar-refractivity contribution in [2.75, 3.05) is 16.4 Å². The van der Waals surface area contributed by atoms with Gasteiger partial charge in [-0.05, 0) is 67.5 Å². The van der Waals surface area contributed by atoms with E-state index in [0.29, 0.717) is 45.3 Å². The minimum Gasteiger partial charge on any atom is -0.454 e. The van der Waals surface area contributed by atoms with E-state index in [-0.39, 0.29) is 31.2 Å². The number of halogens is 1. The van der Waals surface area contributed by atoms with Crippen molar-refractivity contribution in [3.63, 3.8) is 0 Å². The van der Waals surface area contributed by atoms with Gasteiger partial charge < -0.3 is 23.6 Å². The van der Waals surface area contributed by atoms with Crippen LogP contribution in [0, 0.1) is 16.0 Å². The van der Waals surface area contributed by atoms with Crippen LogP contribution in [0.5, 0.6) is 11.5 Å². The van der Waals surface area contributed by atoms with Crippen LogP contribution >= 0.6 is 0 Å². The Bertz CT molecular complexity index is 1970. The van der Waals surface area contributed by atoms with Crippen LogP contribution < -0.4 is 14.5 Å². The lowest BCUT2D eigenvalue weighted by atomic mass is 9.82. The van der Waals surface area contributed by atoms with Gasteiger partial charge in [0.2, 0.25) is 8.41 Å². The van der Waals surface area contributed by atoms with E-state index in [2.05, 4.69) is 0 Å². The summed E-state index contributed by atoms with van der Waals surface area (Å²) in [4.78, 5) is 43.1. The van der Waals surface area contributed by atoms with Gasteiger partial charge in [0.15, 0.2) is 11.4 Å². The van der Waals surface area contributed by atoms with E-state index in [1.807, 2.05) is 24.3 Å². The normalized spacial score (nSPS) is 23.1. The Morgan fingerprint density at radius 1 is 0.958 bits per heavy atom. The zero-order valence-corrected chi connectivity index (χ0v) is 27.6. The number of carbonyl (C=O) groups is 2. The molecule has 4 atom stereocenters. The van der Waals surface area contributed by atoms with Crippen molar-refractivity contribution in [3.8, 4) is 11.5 Å². The molecule has 0 aliphatic carbocycles. The van der Waals surface area contributed by atoms with Crippen LogP contribution in [-0.2, 0) is 21.7 Å². The summed E-state index contributed by atoms with van der Waals surface area (Å²) in [6, 6.07) is 25.8. The molecule has 0 aromatic heterocycles. The number of hydrogen-bond acceptors (Lipinski definition) is 7. The van der Waals surface area contributed by atoms with Crippen molar-refractivity contribution < 1.29 is 33.2 Å². The highest BCUT2D eigenvalue weighted by Gasteiger charge is 2.66. The summed E-state index contributed by atoms with van der Waals surface area (Å²) >= 11 is 0. The fraction of sp³-hybridized carbons (Fsp3) is 0.278. The van der Waals surface area contributed by atoms with E-state index in [0.717, 1.165) is 0 Å². The fourth-order valence-electron chi connectivity index (χ4n) is 7.74. The number of non-ortho nitro benzene ring substituents is 1. The maximum atomic E-state index is 15.9. The van der Waals surface area contributed by atoms with Crippen LogP contribution in [0.3, 0.4) is 0 Å². The van der Waals surface area contributed by atoms with Crippen LogP contribution in [0.25, 0.3) is 0 Å². The molecule has 0 saturated carbocycles. The third-order valence-corrected chi connectivity index (χ3v) is 12.2. The standard InChI is InChI=1S/C36H34FN3O7Si/c1-22-33(48(2,3)37)32(17-18-41)47-36(22)27-20-25(40(44)45)15-16-28(27)38(35(36)43)21-23-9-8-10-24(19-23)39-29-12-5-7-14-31(29)46-30-13-6-4-11-26(30)34(39)42/h4-16,19-20,22,32-33,41H,17-18,21H2,1-3H3/t22-,32+,33-,36+/m1/s1. The third-order valence-electron chi connectivity index (χ3n) is 9.72. The van der Waals surface area contributed by atoms with E-state index in [4.69, 9.17) is 9.47 Å². The van der Waals surface area contributed by atoms with Crippen molar-refractivity contribution in [1.29, 1.82) is 0 Å². The molecule has 1 fully saturated rings. The van der Waals surface area contributed by atoms with Gasteiger partial charge in [-0.3, -0.25) is 24.6 Å². The first-order valence-electron chi connectivity index (χ1n) is 15.8. The largest absolute Gasteiger partial charge is 0.454 e. The molecule has 0 bridgehead atoms. The van der Waals surface area contributed by atoms with Crippen LogP contribution in [0.1, 0.15) is 34.8 Å². The van der Waals surface area contributed by atoms with Crippen LogP contribution in [0.15, 0.2) is 91.0 Å². The molecule has 3 aliphatic heterocycles. The second-order valence-electron chi connectivity index (χ2n) is 13.0. The lowest BCUT2D eigenvalue weighted by Crippen LogP contribution is -2.45. The first-order valence-corrected chi connectivity index (χ1v) is 18.8. The molecule has 4 aromatic rings. The van der Waals surface area contributed by atoms with E-state index < -0.39 is 42.4 Å². The molecule has 10 nitrogen and oxygen atoms in total. The Hall–Kier alpha value is -4.91. The summed E-state index contributed by atoms with van der Waals surface area (Å²) < 4.78 is 28.6. The van der Waals surface area contributed by atoms with E-state index in [1.165, 1.54) is 23.1 Å². The lowest BCUT2D eigenvalue weighted by Gasteiger charge is -2.31. The number of nitro benzene ring substituents is 1. The van der Waals surface area contributed by atoms with Crippen LogP contribution in [-0.4, -0.2) is 43.0 Å². The van der Waals surface area contributed by atoms with Crippen molar-refractivity contribution in [2.45, 2.75) is 50.2 Å². The summed E-state index contributed by atoms with van der Waals surface area (Å²) in [6.45, 7) is 4.68. The first kappa shape index (κ1) is 31.7. The Kier molecular flexibility index (Phi) is 7.69. The smallest absolute Gasteiger partial charge is 0.269 e. The minimum absolute atomic E-state index is 0.0534. The lowest BCUT2D eigenvalue weighted by molar-refractivity contribution is -0.385. The number of para-hydroxylation sites is 3. The Morgan fingerprint density at radius 3 is 2.42 bits per heavy atom. The van der Waals surface area contributed by atoms with Gasteiger partial charge in [0.1, 0.15) is 5.75 Å². The average Bonchev–Trinajstić information content (AvgIpc) is 3.43. The zero-order chi connectivity index (χ0) is 34.0. The van der Waals surface area contributed by atoms with Gasteiger partial charge in [0.05, 0.1) is 34.5 Å². The third kappa shape index (κ3) is 4.90. The van der Waals surface area contributed by atoms with Crippen molar-refractivity contribution in [2.24, 2.45) is 5.92 Å². The predicted molar refractivity (Wildman–Crippen MR) is 180 cm³/mol. The summed E-state index contributed by atoms with van der Waals surface area (Å²) in [7, 11) is -3.44. The average molecular weight is 668 g/mol. The second-order valence-corrected chi connectivity index (χ2v) is 16.8. The highest BCUT2D eigenvalue weighted by Crippen LogP contribution is 2.60. The molecule has 3 aliphatic rings. The number of rotatable bonds is 7. The molecule has 48 heavy (non-hydrogen) atoms.